The Hall–Kier alpha value is -2.74. The minimum Gasteiger partial charge on any atom is -0.479 e. The fourth-order valence-corrected chi connectivity index (χ4v) is 2.71. The van der Waals surface area contributed by atoms with E-state index >= 15 is 0 Å². The summed E-state index contributed by atoms with van der Waals surface area (Å²) in [5, 5.41) is 12.4. The number of methoxy groups -OCH3 is 1. The normalized spacial score (nSPS) is 10.8. The summed E-state index contributed by atoms with van der Waals surface area (Å²) in [7, 11) is 1.52. The van der Waals surface area contributed by atoms with Crippen LogP contribution in [0.1, 0.15) is 5.56 Å². The molecule has 0 fully saturated rings. The molecule has 122 valence electrons. The van der Waals surface area contributed by atoms with Crippen LogP contribution in [-0.2, 0) is 0 Å². The van der Waals surface area contributed by atoms with E-state index in [1.807, 2.05) is 19.2 Å². The molecule has 2 heterocycles. The minimum absolute atomic E-state index is 0.0189. The summed E-state index contributed by atoms with van der Waals surface area (Å²) in [5.74, 6) is 0.367. The van der Waals surface area contributed by atoms with Gasteiger partial charge in [0.15, 0.2) is 5.16 Å². The Bertz CT molecular complexity index is 946. The Balaban J connectivity index is 2.24. The van der Waals surface area contributed by atoms with Gasteiger partial charge in [-0.05, 0) is 24.8 Å². The van der Waals surface area contributed by atoms with E-state index < -0.39 is 4.92 Å². The van der Waals surface area contributed by atoms with E-state index in [0.717, 1.165) is 10.9 Å². The topological polar surface area (TPSA) is 91.0 Å². The van der Waals surface area contributed by atoms with Crippen LogP contribution in [0.3, 0.4) is 0 Å². The lowest BCUT2D eigenvalue weighted by atomic mass is 10.0. The number of fused-ring (bicyclic) bond motifs is 1. The van der Waals surface area contributed by atoms with E-state index in [1.165, 1.54) is 31.0 Å². The highest BCUT2D eigenvalue weighted by molar-refractivity contribution is 7.98. The number of nitro groups is 1. The average Bonchev–Trinajstić information content (AvgIpc) is 2.60. The van der Waals surface area contributed by atoms with Gasteiger partial charge < -0.3 is 4.74 Å². The first-order valence-corrected chi connectivity index (χ1v) is 8.27. The fraction of sp³-hybridized carbons (Fsp3) is 0.188. The number of benzene rings is 1. The van der Waals surface area contributed by atoms with E-state index in [1.54, 1.807) is 12.3 Å². The summed E-state index contributed by atoms with van der Waals surface area (Å²) < 4.78 is 5.36. The molecule has 0 saturated carbocycles. The van der Waals surface area contributed by atoms with Crippen molar-refractivity contribution < 1.29 is 9.66 Å². The molecule has 0 saturated heterocycles. The van der Waals surface area contributed by atoms with Crippen molar-refractivity contribution in [2.75, 3.05) is 13.4 Å². The third kappa shape index (κ3) is 2.88. The number of rotatable bonds is 4. The molecule has 2 aromatic heterocycles. The van der Waals surface area contributed by atoms with Crippen LogP contribution in [-0.4, -0.2) is 33.2 Å². The molecule has 8 heteroatoms. The molecule has 0 atom stereocenters. The lowest BCUT2D eigenvalue weighted by Crippen LogP contribution is -1.98. The van der Waals surface area contributed by atoms with Gasteiger partial charge in [-0.1, -0.05) is 17.8 Å². The summed E-state index contributed by atoms with van der Waals surface area (Å²) >= 11 is 1.43. The van der Waals surface area contributed by atoms with Gasteiger partial charge in [0.1, 0.15) is 5.52 Å². The molecule has 0 N–H and O–H groups in total. The van der Waals surface area contributed by atoms with E-state index in [-0.39, 0.29) is 5.69 Å². The smallest absolute Gasteiger partial charge is 0.270 e. The van der Waals surface area contributed by atoms with Crippen LogP contribution in [0.15, 0.2) is 35.6 Å². The summed E-state index contributed by atoms with van der Waals surface area (Å²) in [6.45, 7) is 1.88. The molecule has 0 spiro atoms. The zero-order chi connectivity index (χ0) is 17.3. The second kappa shape index (κ2) is 6.40. The monoisotopic (exact) mass is 342 g/mol. The summed E-state index contributed by atoms with van der Waals surface area (Å²) in [6.07, 6.45) is 3.59. The molecule has 3 rings (SSSR count). The number of thioether (sulfide) groups is 1. The van der Waals surface area contributed by atoms with Gasteiger partial charge in [-0.3, -0.25) is 10.1 Å². The van der Waals surface area contributed by atoms with Crippen molar-refractivity contribution in [3.63, 3.8) is 0 Å². The van der Waals surface area contributed by atoms with Crippen LogP contribution < -0.4 is 4.74 Å². The lowest BCUT2D eigenvalue weighted by molar-refractivity contribution is -0.384. The molecule has 3 aromatic rings. The fourth-order valence-electron chi connectivity index (χ4n) is 2.37. The molecule has 0 bridgehead atoms. The average molecular weight is 342 g/mol. The second-order valence-corrected chi connectivity index (χ2v) is 5.84. The highest BCUT2D eigenvalue weighted by Crippen LogP contribution is 2.32. The van der Waals surface area contributed by atoms with Gasteiger partial charge in [-0.25, -0.2) is 15.0 Å². The minimum atomic E-state index is -0.422. The first-order chi connectivity index (χ1) is 11.5. The van der Waals surface area contributed by atoms with Gasteiger partial charge in [-0.15, -0.1) is 0 Å². The SMILES string of the molecule is COc1nc(-c2cc([N+](=O)[O-])ccc2C)cc2cnc(SC)nc12. The summed E-state index contributed by atoms with van der Waals surface area (Å²) in [6, 6.07) is 6.51. The molecule has 1 aromatic carbocycles. The first-order valence-electron chi connectivity index (χ1n) is 7.04. The van der Waals surface area contributed by atoms with Crippen LogP contribution in [0.5, 0.6) is 5.88 Å². The van der Waals surface area contributed by atoms with Crippen molar-refractivity contribution in [1.29, 1.82) is 0 Å². The van der Waals surface area contributed by atoms with E-state index in [2.05, 4.69) is 15.0 Å². The van der Waals surface area contributed by atoms with E-state index in [4.69, 9.17) is 4.74 Å². The Kier molecular flexibility index (Phi) is 4.30. The second-order valence-electron chi connectivity index (χ2n) is 5.07. The number of ether oxygens (including phenoxy) is 1. The third-order valence-electron chi connectivity index (χ3n) is 3.60. The number of hydrogen-bond acceptors (Lipinski definition) is 7. The molecule has 0 amide bonds. The van der Waals surface area contributed by atoms with Crippen molar-refractivity contribution in [3.8, 4) is 17.1 Å². The molecular weight excluding hydrogens is 328 g/mol. The van der Waals surface area contributed by atoms with Crippen molar-refractivity contribution >= 4 is 28.4 Å². The maximum absolute atomic E-state index is 11.0. The molecule has 7 nitrogen and oxygen atoms in total. The van der Waals surface area contributed by atoms with Crippen molar-refractivity contribution in [3.05, 3.63) is 46.1 Å². The Morgan fingerprint density at radius 3 is 2.71 bits per heavy atom. The zero-order valence-corrected chi connectivity index (χ0v) is 14.1. The van der Waals surface area contributed by atoms with Crippen molar-refractivity contribution in [1.82, 2.24) is 15.0 Å². The number of aryl methyl sites for hydroxylation is 1. The standard InChI is InChI=1S/C16H14N4O3S/c1-9-4-5-11(20(21)22)7-12(9)13-6-10-8-17-16(24-3)19-14(10)15(18-13)23-2/h4-8H,1-3H3. The molecule has 0 aliphatic heterocycles. The van der Waals surface area contributed by atoms with E-state index in [0.29, 0.717) is 27.8 Å². The maximum Gasteiger partial charge on any atom is 0.270 e. The largest absolute Gasteiger partial charge is 0.479 e. The first kappa shape index (κ1) is 16.1. The molecule has 0 aliphatic carbocycles. The zero-order valence-electron chi connectivity index (χ0n) is 13.3. The highest BCUT2D eigenvalue weighted by Gasteiger charge is 2.15. The van der Waals surface area contributed by atoms with E-state index in [9.17, 15) is 10.1 Å². The number of nitro benzene ring substituents is 1. The highest BCUT2D eigenvalue weighted by atomic mass is 32.2. The maximum atomic E-state index is 11.0. The number of nitrogens with zero attached hydrogens (tertiary/aromatic N) is 4. The summed E-state index contributed by atoms with van der Waals surface area (Å²) in [5.41, 5.74) is 2.78. The van der Waals surface area contributed by atoms with Gasteiger partial charge in [0, 0.05) is 29.3 Å². The molecule has 0 radical (unpaired) electrons. The number of aromatic nitrogens is 3. The van der Waals surface area contributed by atoms with Gasteiger partial charge in [0.05, 0.1) is 17.7 Å². The van der Waals surface area contributed by atoms with Crippen LogP contribution in [0.2, 0.25) is 0 Å². The summed E-state index contributed by atoms with van der Waals surface area (Å²) in [4.78, 5) is 23.8. The van der Waals surface area contributed by atoms with Crippen molar-refractivity contribution in [2.24, 2.45) is 0 Å². The number of pyridine rings is 1. The van der Waals surface area contributed by atoms with Gasteiger partial charge >= 0.3 is 0 Å². The molecular formula is C16H14N4O3S. The number of non-ortho nitro benzene ring substituents is 1. The predicted molar refractivity (Wildman–Crippen MR) is 92.5 cm³/mol. The molecule has 24 heavy (non-hydrogen) atoms. The van der Waals surface area contributed by atoms with Crippen LogP contribution >= 0.6 is 11.8 Å². The lowest BCUT2D eigenvalue weighted by Gasteiger charge is -2.10. The van der Waals surface area contributed by atoms with Crippen molar-refractivity contribution in [2.45, 2.75) is 12.1 Å². The number of hydrogen-bond donors (Lipinski definition) is 0. The Morgan fingerprint density at radius 2 is 2.04 bits per heavy atom. The quantitative estimate of drug-likeness (QED) is 0.309. The molecule has 0 unspecified atom stereocenters. The predicted octanol–water partition coefficient (Wildman–Crippen LogP) is 3.64. The van der Waals surface area contributed by atoms with Gasteiger partial charge in [0.25, 0.3) is 5.69 Å². The Labute approximate surface area is 142 Å². The molecule has 0 aliphatic rings. The van der Waals surface area contributed by atoms with Crippen LogP contribution in [0.25, 0.3) is 22.2 Å². The van der Waals surface area contributed by atoms with Crippen LogP contribution in [0.4, 0.5) is 5.69 Å². The van der Waals surface area contributed by atoms with Gasteiger partial charge in [-0.2, -0.15) is 0 Å². The Morgan fingerprint density at radius 1 is 1.25 bits per heavy atom. The van der Waals surface area contributed by atoms with Gasteiger partial charge in [0.2, 0.25) is 5.88 Å². The third-order valence-corrected chi connectivity index (χ3v) is 4.16. The van der Waals surface area contributed by atoms with Crippen LogP contribution in [0, 0.1) is 17.0 Å².